The Labute approximate surface area is 256 Å². The van der Waals surface area contributed by atoms with Crippen LogP contribution in [0.15, 0.2) is 30.3 Å². The van der Waals surface area contributed by atoms with Crippen molar-refractivity contribution in [3.05, 3.63) is 35.9 Å². The van der Waals surface area contributed by atoms with E-state index in [-0.39, 0.29) is 25.6 Å². The molecule has 1 saturated heterocycles. The molecule has 11 nitrogen and oxygen atoms in total. The summed E-state index contributed by atoms with van der Waals surface area (Å²) in [6.07, 6.45) is 5.27. The number of hydrogen-bond donors (Lipinski definition) is 5. The SMILES string of the molecule is CC(C)NCC(=O)N[C@H](C(=O)N[C@@H](Cc1ccccc1)[C@H](O)CN1CC2CCCCC2C[C@H]1C(N)=O)C(C)(C)S(C)(=O)=O. The summed E-state index contributed by atoms with van der Waals surface area (Å²) in [5, 5.41) is 20.1. The zero-order chi connectivity index (χ0) is 31.9. The highest BCUT2D eigenvalue weighted by Gasteiger charge is 2.46. The quantitative estimate of drug-likeness (QED) is 0.203. The van der Waals surface area contributed by atoms with E-state index in [1.165, 1.54) is 13.8 Å². The third kappa shape index (κ3) is 9.47. The van der Waals surface area contributed by atoms with Crippen LogP contribution in [0.1, 0.15) is 65.4 Å². The van der Waals surface area contributed by atoms with Crippen molar-refractivity contribution in [3.8, 4) is 0 Å². The van der Waals surface area contributed by atoms with Crippen molar-refractivity contribution in [2.75, 3.05) is 25.9 Å². The molecule has 2 unspecified atom stereocenters. The van der Waals surface area contributed by atoms with Crippen molar-refractivity contribution in [3.63, 3.8) is 0 Å². The van der Waals surface area contributed by atoms with Crippen LogP contribution in [-0.4, -0.2) is 97.1 Å². The number of nitrogens with one attached hydrogen (secondary N) is 3. The van der Waals surface area contributed by atoms with E-state index >= 15 is 0 Å². The Bertz CT molecular complexity index is 1210. The van der Waals surface area contributed by atoms with E-state index in [0.29, 0.717) is 24.8 Å². The van der Waals surface area contributed by atoms with Crippen LogP contribution in [0.5, 0.6) is 0 Å². The Morgan fingerprint density at radius 2 is 1.70 bits per heavy atom. The first-order chi connectivity index (χ1) is 20.1. The molecule has 43 heavy (non-hydrogen) atoms. The number of nitrogens with two attached hydrogens (primary N) is 1. The van der Waals surface area contributed by atoms with Crippen molar-refractivity contribution in [2.45, 2.75) is 101 Å². The third-order valence-electron chi connectivity index (χ3n) is 9.23. The molecule has 3 amide bonds. The van der Waals surface area contributed by atoms with Gasteiger partial charge in [0, 0.05) is 25.4 Å². The second-order valence-corrected chi connectivity index (χ2v) is 15.8. The molecule has 2 fully saturated rings. The van der Waals surface area contributed by atoms with Gasteiger partial charge in [0.2, 0.25) is 17.7 Å². The Balaban J connectivity index is 1.86. The van der Waals surface area contributed by atoms with Crippen LogP contribution in [0.4, 0.5) is 0 Å². The minimum absolute atomic E-state index is 0.00856. The number of rotatable bonds is 14. The number of benzene rings is 1. The molecule has 12 heteroatoms. The lowest BCUT2D eigenvalue weighted by Gasteiger charge is -2.46. The van der Waals surface area contributed by atoms with Gasteiger partial charge in [0.1, 0.15) is 6.04 Å². The summed E-state index contributed by atoms with van der Waals surface area (Å²) in [5.74, 6) is -0.802. The number of aliphatic hydroxyl groups excluding tert-OH is 1. The summed E-state index contributed by atoms with van der Waals surface area (Å²) in [7, 11) is -3.81. The molecular weight excluding hydrogens is 570 g/mol. The second kappa shape index (κ2) is 15.0. The first-order valence-corrected chi connectivity index (χ1v) is 17.3. The lowest BCUT2D eigenvalue weighted by Crippen LogP contribution is -2.64. The Kier molecular flexibility index (Phi) is 12.2. The lowest BCUT2D eigenvalue weighted by atomic mass is 9.72. The number of piperidine rings is 1. The van der Waals surface area contributed by atoms with Crippen LogP contribution in [0.3, 0.4) is 0 Å². The second-order valence-electron chi connectivity index (χ2n) is 13.2. The average Bonchev–Trinajstić information content (AvgIpc) is 2.93. The lowest BCUT2D eigenvalue weighted by molar-refractivity contribution is -0.131. The number of β-amino-alcohol motifs (C(OH)–C–C–N with tert-alkyl or cyclic N) is 1. The molecule has 1 aliphatic heterocycles. The Morgan fingerprint density at radius 1 is 1.07 bits per heavy atom. The zero-order valence-corrected chi connectivity index (χ0v) is 27.0. The summed E-state index contributed by atoms with van der Waals surface area (Å²) in [5.41, 5.74) is 6.67. The monoisotopic (exact) mass is 621 g/mol. The number of primary amides is 1. The first-order valence-electron chi connectivity index (χ1n) is 15.4. The summed E-state index contributed by atoms with van der Waals surface area (Å²) in [6.45, 7) is 7.20. The van der Waals surface area contributed by atoms with E-state index < -0.39 is 56.5 Å². The third-order valence-corrected chi connectivity index (χ3v) is 11.4. The van der Waals surface area contributed by atoms with Crippen LogP contribution < -0.4 is 21.7 Å². The van der Waals surface area contributed by atoms with Gasteiger partial charge in [0.05, 0.1) is 29.5 Å². The number of carbonyl (C=O) groups excluding carboxylic acids is 3. The topological polar surface area (TPSA) is 171 Å². The molecule has 6 atom stereocenters. The molecule has 0 bridgehead atoms. The van der Waals surface area contributed by atoms with Crippen LogP contribution in [0, 0.1) is 11.8 Å². The van der Waals surface area contributed by atoms with Gasteiger partial charge in [-0.1, -0.05) is 63.4 Å². The van der Waals surface area contributed by atoms with E-state index in [0.717, 1.165) is 37.5 Å². The summed E-state index contributed by atoms with van der Waals surface area (Å²) >= 11 is 0. The van der Waals surface area contributed by atoms with Crippen LogP contribution in [0.2, 0.25) is 0 Å². The summed E-state index contributed by atoms with van der Waals surface area (Å²) < 4.78 is 23.9. The minimum Gasteiger partial charge on any atom is -0.390 e. The van der Waals surface area contributed by atoms with Gasteiger partial charge < -0.3 is 26.8 Å². The van der Waals surface area contributed by atoms with Gasteiger partial charge >= 0.3 is 0 Å². The van der Waals surface area contributed by atoms with Gasteiger partial charge in [-0.05, 0) is 50.5 Å². The molecular formula is C31H51N5O6S. The number of nitrogens with zero attached hydrogens (tertiary/aromatic N) is 1. The fraction of sp³-hybridized carbons (Fsp3) is 0.710. The van der Waals surface area contributed by atoms with Gasteiger partial charge in [0.15, 0.2) is 9.84 Å². The molecule has 1 aliphatic carbocycles. The van der Waals surface area contributed by atoms with E-state index in [2.05, 4.69) is 16.0 Å². The summed E-state index contributed by atoms with van der Waals surface area (Å²) in [6, 6.07) is 6.57. The number of carbonyl (C=O) groups is 3. The summed E-state index contributed by atoms with van der Waals surface area (Å²) in [4.78, 5) is 41.1. The fourth-order valence-electron chi connectivity index (χ4n) is 6.26. The average molecular weight is 622 g/mol. The van der Waals surface area contributed by atoms with Crippen molar-refractivity contribution in [2.24, 2.45) is 17.6 Å². The van der Waals surface area contributed by atoms with Gasteiger partial charge in [-0.3, -0.25) is 19.3 Å². The molecule has 0 radical (unpaired) electrons. The Morgan fingerprint density at radius 3 is 2.28 bits per heavy atom. The highest BCUT2D eigenvalue weighted by Crippen LogP contribution is 2.38. The van der Waals surface area contributed by atoms with E-state index in [4.69, 9.17) is 5.73 Å². The van der Waals surface area contributed by atoms with E-state index in [1.54, 1.807) is 0 Å². The number of hydrogen-bond acceptors (Lipinski definition) is 8. The van der Waals surface area contributed by atoms with Crippen molar-refractivity contribution in [1.29, 1.82) is 0 Å². The smallest absolute Gasteiger partial charge is 0.244 e. The number of amides is 3. The van der Waals surface area contributed by atoms with Crippen LogP contribution in [-0.2, 0) is 30.6 Å². The number of likely N-dealkylation sites (tertiary alicyclic amines) is 1. The standard InChI is InChI=1S/C31H51N5O6S/c1-20(2)33-17-27(38)35-28(31(3,4)43(5,41)42)30(40)34-24(15-21-11-7-6-8-12-21)26(37)19-36-18-23-14-10-9-13-22(23)16-25(36)29(32)39/h6-8,11-12,20,22-26,28,33,37H,9-10,13-19H2,1-5H3,(H2,32,39)(H,34,40)(H,35,38)/t22?,23?,24-,25-,26+,28+/m0/s1. The van der Waals surface area contributed by atoms with Gasteiger partial charge in [-0.15, -0.1) is 0 Å². The molecule has 1 saturated carbocycles. The molecule has 3 rings (SSSR count). The van der Waals surface area contributed by atoms with Crippen molar-refractivity contribution >= 4 is 27.6 Å². The maximum atomic E-state index is 13.9. The van der Waals surface area contributed by atoms with Crippen molar-refractivity contribution < 1.29 is 27.9 Å². The largest absolute Gasteiger partial charge is 0.390 e. The maximum Gasteiger partial charge on any atom is 0.244 e. The normalized spacial score (nSPS) is 23.6. The van der Waals surface area contributed by atoms with E-state index in [9.17, 15) is 27.9 Å². The van der Waals surface area contributed by atoms with Crippen LogP contribution >= 0.6 is 0 Å². The van der Waals surface area contributed by atoms with Gasteiger partial charge in [-0.2, -0.15) is 0 Å². The highest BCUT2D eigenvalue weighted by atomic mass is 32.2. The van der Waals surface area contributed by atoms with Gasteiger partial charge in [0.25, 0.3) is 0 Å². The Hall–Kier alpha value is -2.54. The molecule has 1 aromatic rings. The zero-order valence-electron chi connectivity index (χ0n) is 26.2. The van der Waals surface area contributed by atoms with E-state index in [1.807, 2.05) is 49.1 Å². The molecule has 6 N–H and O–H groups in total. The maximum absolute atomic E-state index is 13.9. The van der Waals surface area contributed by atoms with Crippen molar-refractivity contribution in [1.82, 2.24) is 20.9 Å². The fourth-order valence-corrected chi connectivity index (χ4v) is 6.85. The number of sulfone groups is 1. The molecule has 1 heterocycles. The molecule has 1 aromatic carbocycles. The molecule has 0 aromatic heterocycles. The molecule has 242 valence electrons. The highest BCUT2D eigenvalue weighted by molar-refractivity contribution is 7.92. The molecule has 0 spiro atoms. The predicted molar refractivity (Wildman–Crippen MR) is 167 cm³/mol. The first kappa shape index (κ1) is 34.9. The predicted octanol–water partition coefficient (Wildman–Crippen LogP) is 0.747. The number of aliphatic hydroxyl groups is 1. The minimum atomic E-state index is -3.81. The number of fused-ring (bicyclic) bond motifs is 1. The van der Waals surface area contributed by atoms with Crippen LogP contribution in [0.25, 0.3) is 0 Å². The van der Waals surface area contributed by atoms with Gasteiger partial charge in [-0.25, -0.2) is 8.42 Å². The molecule has 2 aliphatic rings.